The standard InChI is InChI=1S/C11H19N3O/c1-4-8-15-10-7-5-6-9(11(10)12)13-14(2)3/h5-7,13H,4,8,12H2,1-3H3. The fourth-order valence-corrected chi connectivity index (χ4v) is 1.22. The molecule has 0 saturated heterocycles. The quantitative estimate of drug-likeness (QED) is 0.575. The minimum absolute atomic E-state index is 0.652. The monoisotopic (exact) mass is 209 g/mol. The third-order valence-corrected chi connectivity index (χ3v) is 1.87. The Kier molecular flexibility index (Phi) is 4.24. The lowest BCUT2D eigenvalue weighted by Gasteiger charge is -2.17. The topological polar surface area (TPSA) is 50.5 Å². The molecule has 1 rings (SSSR count). The molecule has 1 aromatic rings. The van der Waals surface area contributed by atoms with E-state index in [0.29, 0.717) is 12.3 Å². The first-order chi connectivity index (χ1) is 7.15. The average molecular weight is 209 g/mol. The molecule has 3 N–H and O–H groups in total. The highest BCUT2D eigenvalue weighted by Gasteiger charge is 2.05. The van der Waals surface area contributed by atoms with Crippen LogP contribution in [0.25, 0.3) is 0 Å². The minimum Gasteiger partial charge on any atom is -0.491 e. The molecule has 0 fully saturated rings. The van der Waals surface area contributed by atoms with Crippen LogP contribution in [0, 0.1) is 0 Å². The lowest BCUT2D eigenvalue weighted by molar-refractivity contribution is 0.319. The second kappa shape index (κ2) is 5.46. The van der Waals surface area contributed by atoms with Crippen molar-refractivity contribution in [3.8, 4) is 5.75 Å². The summed E-state index contributed by atoms with van der Waals surface area (Å²) in [6.45, 7) is 2.76. The first-order valence-corrected chi connectivity index (χ1v) is 5.10. The number of para-hydroxylation sites is 1. The van der Waals surface area contributed by atoms with Crippen molar-refractivity contribution in [2.45, 2.75) is 13.3 Å². The maximum atomic E-state index is 5.96. The summed E-state index contributed by atoms with van der Waals surface area (Å²) < 4.78 is 5.52. The van der Waals surface area contributed by atoms with Gasteiger partial charge in [0.2, 0.25) is 0 Å². The van der Waals surface area contributed by atoms with Gasteiger partial charge in [-0.2, -0.15) is 0 Å². The van der Waals surface area contributed by atoms with Crippen molar-refractivity contribution in [1.82, 2.24) is 5.01 Å². The van der Waals surface area contributed by atoms with Gasteiger partial charge in [-0.05, 0) is 18.6 Å². The summed E-state index contributed by atoms with van der Waals surface area (Å²) in [4.78, 5) is 0. The smallest absolute Gasteiger partial charge is 0.144 e. The number of hydrogen-bond acceptors (Lipinski definition) is 4. The van der Waals surface area contributed by atoms with Gasteiger partial charge in [0.1, 0.15) is 5.75 Å². The number of nitrogens with zero attached hydrogens (tertiary/aromatic N) is 1. The molecule has 0 aliphatic carbocycles. The molecule has 4 heteroatoms. The first-order valence-electron chi connectivity index (χ1n) is 5.10. The van der Waals surface area contributed by atoms with Crippen molar-refractivity contribution in [3.05, 3.63) is 18.2 Å². The van der Waals surface area contributed by atoms with Gasteiger partial charge in [0.15, 0.2) is 0 Å². The van der Waals surface area contributed by atoms with Crippen LogP contribution >= 0.6 is 0 Å². The summed E-state index contributed by atoms with van der Waals surface area (Å²) in [6.07, 6.45) is 0.977. The number of benzene rings is 1. The highest BCUT2D eigenvalue weighted by molar-refractivity contribution is 5.72. The lowest BCUT2D eigenvalue weighted by Crippen LogP contribution is -2.20. The molecule has 0 heterocycles. The van der Waals surface area contributed by atoms with Gasteiger partial charge in [-0.25, -0.2) is 5.01 Å². The molecule has 0 bridgehead atoms. The van der Waals surface area contributed by atoms with Crippen LogP contribution in [0.1, 0.15) is 13.3 Å². The Morgan fingerprint density at radius 1 is 1.40 bits per heavy atom. The van der Waals surface area contributed by atoms with Gasteiger partial charge in [-0.15, -0.1) is 0 Å². The Morgan fingerprint density at radius 2 is 2.13 bits per heavy atom. The van der Waals surface area contributed by atoms with E-state index in [1.807, 2.05) is 37.3 Å². The number of anilines is 2. The summed E-state index contributed by atoms with van der Waals surface area (Å²) >= 11 is 0. The molecule has 0 aliphatic heterocycles. The van der Waals surface area contributed by atoms with Gasteiger partial charge in [0, 0.05) is 14.1 Å². The van der Waals surface area contributed by atoms with Gasteiger partial charge in [0.05, 0.1) is 18.0 Å². The molecule has 0 saturated carbocycles. The van der Waals surface area contributed by atoms with Gasteiger partial charge in [-0.1, -0.05) is 13.0 Å². The number of ether oxygens (including phenoxy) is 1. The van der Waals surface area contributed by atoms with E-state index in [1.54, 1.807) is 0 Å². The molecule has 0 aromatic heterocycles. The van der Waals surface area contributed by atoms with Crippen LogP contribution < -0.4 is 15.9 Å². The van der Waals surface area contributed by atoms with E-state index in [4.69, 9.17) is 10.5 Å². The van der Waals surface area contributed by atoms with Gasteiger partial charge in [0.25, 0.3) is 0 Å². The predicted octanol–water partition coefficient (Wildman–Crippen LogP) is 1.95. The molecule has 1 aromatic carbocycles. The number of nitrogens with one attached hydrogen (secondary N) is 1. The van der Waals surface area contributed by atoms with Gasteiger partial charge < -0.3 is 15.9 Å². The second-order valence-electron chi connectivity index (χ2n) is 3.57. The minimum atomic E-state index is 0.652. The zero-order chi connectivity index (χ0) is 11.3. The highest BCUT2D eigenvalue weighted by atomic mass is 16.5. The van der Waals surface area contributed by atoms with Crippen LogP contribution in [0.4, 0.5) is 11.4 Å². The molecule has 0 amide bonds. The van der Waals surface area contributed by atoms with E-state index in [9.17, 15) is 0 Å². The molecule has 15 heavy (non-hydrogen) atoms. The van der Waals surface area contributed by atoms with Crippen LogP contribution in [0.15, 0.2) is 18.2 Å². The van der Waals surface area contributed by atoms with Crippen molar-refractivity contribution < 1.29 is 4.74 Å². The number of nitrogens with two attached hydrogens (primary N) is 1. The van der Waals surface area contributed by atoms with E-state index in [2.05, 4.69) is 12.3 Å². The molecule has 0 unspecified atom stereocenters. The molecule has 4 nitrogen and oxygen atoms in total. The van der Waals surface area contributed by atoms with E-state index in [-0.39, 0.29) is 0 Å². The maximum absolute atomic E-state index is 5.96. The summed E-state index contributed by atoms with van der Waals surface area (Å²) in [5, 5.41) is 1.84. The average Bonchev–Trinajstić information content (AvgIpc) is 2.19. The third kappa shape index (κ3) is 3.32. The normalized spacial score (nSPS) is 10.4. The summed E-state index contributed by atoms with van der Waals surface area (Å²) in [5.74, 6) is 0.740. The largest absolute Gasteiger partial charge is 0.491 e. The molecular weight excluding hydrogens is 190 g/mol. The molecule has 84 valence electrons. The number of rotatable bonds is 5. The van der Waals surface area contributed by atoms with Crippen LogP contribution in [-0.4, -0.2) is 25.7 Å². The van der Waals surface area contributed by atoms with Crippen LogP contribution in [-0.2, 0) is 0 Å². The van der Waals surface area contributed by atoms with Crippen molar-refractivity contribution >= 4 is 11.4 Å². The Morgan fingerprint density at radius 3 is 2.73 bits per heavy atom. The van der Waals surface area contributed by atoms with E-state index >= 15 is 0 Å². The summed E-state index contributed by atoms with van der Waals surface area (Å²) in [7, 11) is 3.83. The Labute approximate surface area is 91.0 Å². The van der Waals surface area contributed by atoms with Crippen LogP contribution in [0.5, 0.6) is 5.75 Å². The Hall–Kier alpha value is -1.42. The van der Waals surface area contributed by atoms with Crippen molar-refractivity contribution in [1.29, 1.82) is 0 Å². The summed E-state index contributed by atoms with van der Waals surface area (Å²) in [6, 6.07) is 5.73. The zero-order valence-corrected chi connectivity index (χ0v) is 9.58. The highest BCUT2D eigenvalue weighted by Crippen LogP contribution is 2.29. The lowest BCUT2D eigenvalue weighted by atomic mass is 10.2. The van der Waals surface area contributed by atoms with Gasteiger partial charge in [-0.3, -0.25) is 0 Å². The van der Waals surface area contributed by atoms with Crippen LogP contribution in [0.3, 0.4) is 0 Å². The number of nitrogen functional groups attached to an aromatic ring is 1. The number of hydrazine groups is 1. The van der Waals surface area contributed by atoms with Crippen LogP contribution in [0.2, 0.25) is 0 Å². The third-order valence-electron chi connectivity index (χ3n) is 1.87. The zero-order valence-electron chi connectivity index (χ0n) is 9.58. The first kappa shape index (κ1) is 11.7. The fraction of sp³-hybridized carbons (Fsp3) is 0.455. The molecule has 0 spiro atoms. The number of hydrogen-bond donors (Lipinski definition) is 2. The fourth-order valence-electron chi connectivity index (χ4n) is 1.22. The van der Waals surface area contributed by atoms with Crippen molar-refractivity contribution in [3.63, 3.8) is 0 Å². The van der Waals surface area contributed by atoms with E-state index < -0.39 is 0 Å². The molecule has 0 atom stereocenters. The summed E-state index contributed by atoms with van der Waals surface area (Å²) in [5.41, 5.74) is 10.6. The van der Waals surface area contributed by atoms with E-state index in [0.717, 1.165) is 17.9 Å². The second-order valence-corrected chi connectivity index (χ2v) is 3.57. The predicted molar refractivity (Wildman–Crippen MR) is 64.0 cm³/mol. The van der Waals surface area contributed by atoms with Gasteiger partial charge >= 0.3 is 0 Å². The Bertz CT molecular complexity index is 313. The molecular formula is C11H19N3O. The van der Waals surface area contributed by atoms with Crippen molar-refractivity contribution in [2.24, 2.45) is 0 Å². The van der Waals surface area contributed by atoms with Crippen molar-refractivity contribution in [2.75, 3.05) is 31.9 Å². The molecule has 0 radical (unpaired) electrons. The molecule has 0 aliphatic rings. The SMILES string of the molecule is CCCOc1cccc(NN(C)C)c1N. The van der Waals surface area contributed by atoms with E-state index in [1.165, 1.54) is 0 Å². The maximum Gasteiger partial charge on any atom is 0.144 e. The Balaban J connectivity index is 2.80.